The van der Waals surface area contributed by atoms with Crippen molar-refractivity contribution >= 4 is 60.3 Å². The summed E-state index contributed by atoms with van der Waals surface area (Å²) >= 11 is 6.66. The van der Waals surface area contributed by atoms with Gasteiger partial charge in [-0.2, -0.15) is 0 Å². The molecule has 0 saturated carbocycles. The Bertz CT molecular complexity index is 1180. The van der Waals surface area contributed by atoms with Crippen LogP contribution in [0.3, 0.4) is 0 Å². The van der Waals surface area contributed by atoms with E-state index < -0.39 is 24.0 Å². The average Bonchev–Trinajstić information content (AvgIpc) is 2.78. The van der Waals surface area contributed by atoms with Crippen LogP contribution in [0.1, 0.15) is 18.6 Å². The molecule has 32 heavy (non-hydrogen) atoms. The van der Waals surface area contributed by atoms with Crippen LogP contribution < -0.4 is 10.8 Å². The van der Waals surface area contributed by atoms with Crippen molar-refractivity contribution in [1.82, 2.24) is 5.48 Å². The molecule has 0 radical (unpaired) electrons. The first-order valence-corrected chi connectivity index (χ1v) is 11.1. The molecule has 3 aromatic carbocycles. The van der Waals surface area contributed by atoms with Crippen LogP contribution in [0.4, 0.5) is 10.5 Å². The van der Waals surface area contributed by atoms with Gasteiger partial charge >= 0.3 is 6.09 Å². The van der Waals surface area contributed by atoms with E-state index in [9.17, 15) is 14.7 Å². The van der Waals surface area contributed by atoms with Crippen molar-refractivity contribution in [2.24, 2.45) is 5.92 Å². The van der Waals surface area contributed by atoms with Crippen molar-refractivity contribution in [2.45, 2.75) is 13.0 Å². The number of hydroxylamine groups is 1. The smallest absolute Gasteiger partial charge is 0.412 e. The van der Waals surface area contributed by atoms with Gasteiger partial charge in [-0.25, -0.2) is 10.3 Å². The van der Waals surface area contributed by atoms with Crippen molar-refractivity contribution in [1.29, 1.82) is 0 Å². The van der Waals surface area contributed by atoms with Crippen LogP contribution in [-0.2, 0) is 9.53 Å². The Kier molecular flexibility index (Phi) is 7.89. The molecule has 9 heteroatoms. The van der Waals surface area contributed by atoms with Gasteiger partial charge in [0.05, 0.1) is 10.2 Å². The number of fused-ring (bicyclic) bond motifs is 1. The van der Waals surface area contributed by atoms with Crippen LogP contribution in [0.2, 0.25) is 0 Å². The molecule has 0 fully saturated rings. The minimum absolute atomic E-state index is 0.0944. The molecule has 0 saturated heterocycles. The van der Waals surface area contributed by atoms with Gasteiger partial charge in [-0.1, -0.05) is 65.3 Å². The van der Waals surface area contributed by atoms with Crippen LogP contribution >= 0.6 is 31.9 Å². The Morgan fingerprint density at radius 1 is 1.09 bits per heavy atom. The largest absolute Gasteiger partial charge is 0.506 e. The van der Waals surface area contributed by atoms with Crippen LogP contribution in [0.25, 0.3) is 10.8 Å². The minimum atomic E-state index is -0.943. The number of phenols is 1. The molecule has 4 N–H and O–H groups in total. The standard InChI is InChI=1S/C23H20Br2N2O5/c1-13(9-10-20(28)27-31)22(17-11-15(24)12-18(25)21(17)29)32-23(30)26-19-8-4-6-14-5-2-3-7-16(14)19/h2-13,22,29,31H,1H3,(H,26,30)(H,27,28)/b10-9+/t13-,22+/m0/s1. The molecule has 0 aliphatic heterocycles. The maximum atomic E-state index is 12.8. The van der Waals surface area contributed by atoms with E-state index in [2.05, 4.69) is 37.2 Å². The maximum absolute atomic E-state index is 12.8. The monoisotopic (exact) mass is 562 g/mol. The highest BCUT2D eigenvalue weighted by Gasteiger charge is 2.27. The zero-order chi connectivity index (χ0) is 23.3. The molecule has 166 valence electrons. The Hall–Kier alpha value is -2.88. The van der Waals surface area contributed by atoms with Crippen molar-refractivity contribution < 1.29 is 24.6 Å². The number of rotatable bonds is 6. The second-order valence-electron chi connectivity index (χ2n) is 7.00. The zero-order valence-corrected chi connectivity index (χ0v) is 20.1. The highest BCUT2D eigenvalue weighted by Crippen LogP contribution is 2.40. The maximum Gasteiger partial charge on any atom is 0.412 e. The Morgan fingerprint density at radius 2 is 1.81 bits per heavy atom. The van der Waals surface area contributed by atoms with E-state index in [1.54, 1.807) is 25.1 Å². The van der Waals surface area contributed by atoms with Gasteiger partial charge in [0.1, 0.15) is 11.9 Å². The molecule has 0 bridgehead atoms. The van der Waals surface area contributed by atoms with E-state index in [0.717, 1.165) is 16.8 Å². The fraction of sp³-hybridized carbons (Fsp3) is 0.130. The quantitative estimate of drug-likeness (QED) is 0.166. The van der Waals surface area contributed by atoms with Crippen LogP contribution in [0, 0.1) is 5.92 Å². The predicted octanol–water partition coefficient (Wildman–Crippen LogP) is 6.06. The normalized spacial score (nSPS) is 13.0. The fourth-order valence-electron chi connectivity index (χ4n) is 3.22. The topological polar surface area (TPSA) is 108 Å². The van der Waals surface area contributed by atoms with Crippen LogP contribution in [0.5, 0.6) is 5.75 Å². The van der Waals surface area contributed by atoms with Crippen LogP contribution in [-0.4, -0.2) is 22.3 Å². The van der Waals surface area contributed by atoms with Crippen molar-refractivity contribution in [2.75, 3.05) is 5.32 Å². The van der Waals surface area contributed by atoms with Crippen molar-refractivity contribution in [3.8, 4) is 5.75 Å². The van der Waals surface area contributed by atoms with E-state index in [0.29, 0.717) is 20.2 Å². The first-order valence-electron chi connectivity index (χ1n) is 9.55. The van der Waals surface area contributed by atoms with Crippen molar-refractivity contribution in [3.05, 3.63) is 81.3 Å². The van der Waals surface area contributed by atoms with E-state index in [1.165, 1.54) is 11.6 Å². The molecule has 2 amide bonds. The van der Waals surface area contributed by atoms with E-state index >= 15 is 0 Å². The van der Waals surface area contributed by atoms with Gasteiger partial charge in [0.25, 0.3) is 5.91 Å². The number of carbonyl (C=O) groups excluding carboxylic acids is 2. The van der Waals surface area contributed by atoms with Crippen molar-refractivity contribution in [3.63, 3.8) is 0 Å². The molecule has 0 aliphatic rings. The molecule has 2 atom stereocenters. The number of hydrogen-bond acceptors (Lipinski definition) is 5. The SMILES string of the molecule is C[C@@H](/C=C/C(=O)NO)[C@@H](OC(=O)Nc1cccc2ccccc12)c1cc(Br)cc(Br)c1O. The number of anilines is 1. The molecule has 0 aromatic heterocycles. The molecular formula is C23H20Br2N2O5. The molecule has 3 aromatic rings. The molecule has 0 heterocycles. The molecular weight excluding hydrogens is 544 g/mol. The fourth-order valence-corrected chi connectivity index (χ4v) is 4.48. The Balaban J connectivity index is 1.92. The number of aromatic hydroxyl groups is 1. The molecule has 0 spiro atoms. The van der Waals surface area contributed by atoms with E-state index in [1.807, 2.05) is 36.4 Å². The lowest BCUT2D eigenvalue weighted by atomic mass is 9.96. The third-order valence-electron chi connectivity index (χ3n) is 4.76. The summed E-state index contributed by atoms with van der Waals surface area (Å²) in [5.74, 6) is -1.35. The molecule has 7 nitrogen and oxygen atoms in total. The second kappa shape index (κ2) is 10.6. The molecule has 0 unspecified atom stereocenters. The number of ether oxygens (including phenoxy) is 1. The minimum Gasteiger partial charge on any atom is -0.506 e. The first-order chi connectivity index (χ1) is 15.3. The molecule has 0 aliphatic carbocycles. The summed E-state index contributed by atoms with van der Waals surface area (Å²) in [5.41, 5.74) is 2.42. The Labute approximate surface area is 201 Å². The highest BCUT2D eigenvalue weighted by atomic mass is 79.9. The summed E-state index contributed by atoms with van der Waals surface area (Å²) in [5, 5.41) is 23.9. The number of phenolic OH excluding ortho intramolecular Hbond substituents is 1. The van der Waals surface area contributed by atoms with Gasteiger partial charge in [-0.15, -0.1) is 0 Å². The van der Waals surface area contributed by atoms with Gasteiger partial charge in [0, 0.05) is 27.4 Å². The van der Waals surface area contributed by atoms with Gasteiger partial charge in [-0.3, -0.25) is 15.3 Å². The van der Waals surface area contributed by atoms with Gasteiger partial charge in [0.2, 0.25) is 0 Å². The zero-order valence-electron chi connectivity index (χ0n) is 16.9. The van der Waals surface area contributed by atoms with Gasteiger partial charge < -0.3 is 9.84 Å². The lowest BCUT2D eigenvalue weighted by Crippen LogP contribution is -2.22. The Morgan fingerprint density at radius 3 is 2.56 bits per heavy atom. The summed E-state index contributed by atoms with van der Waals surface area (Å²) < 4.78 is 6.78. The lowest BCUT2D eigenvalue weighted by Gasteiger charge is -2.24. The highest BCUT2D eigenvalue weighted by molar-refractivity contribution is 9.11. The summed E-state index contributed by atoms with van der Waals surface area (Å²) in [6, 6.07) is 16.4. The number of amides is 2. The average molecular weight is 564 g/mol. The lowest BCUT2D eigenvalue weighted by molar-refractivity contribution is -0.124. The number of halogens is 2. The summed E-state index contributed by atoms with van der Waals surface area (Å²) in [7, 11) is 0. The second-order valence-corrected chi connectivity index (χ2v) is 8.77. The van der Waals surface area contributed by atoms with Gasteiger partial charge in [-0.05, 0) is 39.5 Å². The number of nitrogens with one attached hydrogen (secondary N) is 2. The first kappa shape index (κ1) is 23.8. The number of carbonyl (C=O) groups is 2. The summed E-state index contributed by atoms with van der Waals surface area (Å²) in [6.45, 7) is 1.71. The van der Waals surface area contributed by atoms with Gasteiger partial charge in [0.15, 0.2) is 0 Å². The molecule has 3 rings (SSSR count). The third-order valence-corrected chi connectivity index (χ3v) is 5.83. The number of hydrogen-bond donors (Lipinski definition) is 4. The third kappa shape index (κ3) is 5.67. The summed E-state index contributed by atoms with van der Waals surface area (Å²) in [4.78, 5) is 24.2. The summed E-state index contributed by atoms with van der Waals surface area (Å²) in [6.07, 6.45) is 0.916. The van der Waals surface area contributed by atoms with E-state index in [4.69, 9.17) is 9.94 Å². The number of benzene rings is 3. The van der Waals surface area contributed by atoms with Crippen LogP contribution in [0.15, 0.2) is 75.7 Å². The predicted molar refractivity (Wildman–Crippen MR) is 129 cm³/mol. The van der Waals surface area contributed by atoms with E-state index in [-0.39, 0.29) is 5.75 Å².